The summed E-state index contributed by atoms with van der Waals surface area (Å²) in [6.45, 7) is 4.07. The van der Waals surface area contributed by atoms with E-state index in [-0.39, 0.29) is 25.2 Å². The Labute approximate surface area is 202 Å². The molecular weight excluding hydrogens is 450 g/mol. The monoisotopic (exact) mass is 479 g/mol. The zero-order chi connectivity index (χ0) is 24.9. The van der Waals surface area contributed by atoms with Crippen LogP contribution in [-0.2, 0) is 7.05 Å². The molecule has 0 radical (unpaired) electrons. The van der Waals surface area contributed by atoms with Gasteiger partial charge in [0, 0.05) is 42.7 Å². The van der Waals surface area contributed by atoms with E-state index in [9.17, 15) is 4.79 Å². The summed E-state index contributed by atoms with van der Waals surface area (Å²) in [7, 11) is 3.38. The highest BCUT2D eigenvalue weighted by Gasteiger charge is 2.19. The fourth-order valence-corrected chi connectivity index (χ4v) is 3.53. The standard InChI is InChI=1S/C24H29N7O4/c1-5-14(2)35-23-20-17(16-11-27-31(3)13-16)12-26-21(20)29-24(30-23)28-18-7-6-15(10-19(18)34-4)22(33)25-8-9-32/h6-7,10-14,32H,5,8-9H2,1-4H3,(H,25,33)(H2,26,28,29,30)/t14-/m0/s1. The number of carbonyl (C=O) groups excluding carboxylic acids is 1. The number of aromatic amines is 1. The van der Waals surface area contributed by atoms with E-state index in [1.807, 2.05) is 33.3 Å². The summed E-state index contributed by atoms with van der Waals surface area (Å²) in [5.41, 5.74) is 3.42. The summed E-state index contributed by atoms with van der Waals surface area (Å²) in [5, 5.41) is 19.8. The SMILES string of the molecule is CC[C@H](C)Oc1nc(Nc2ccc(C(=O)NCCO)cc2OC)nc2[nH]cc(-c3cnn(C)c3)c12. The van der Waals surface area contributed by atoms with Crippen LogP contribution in [0.4, 0.5) is 11.6 Å². The smallest absolute Gasteiger partial charge is 0.251 e. The summed E-state index contributed by atoms with van der Waals surface area (Å²) >= 11 is 0. The van der Waals surface area contributed by atoms with Crippen molar-refractivity contribution in [1.82, 2.24) is 30.0 Å². The number of aliphatic hydroxyl groups excluding tert-OH is 1. The summed E-state index contributed by atoms with van der Waals surface area (Å²) in [4.78, 5) is 24.8. The third-order valence-electron chi connectivity index (χ3n) is 5.51. The molecule has 3 heterocycles. The Balaban J connectivity index is 1.71. The van der Waals surface area contributed by atoms with Crippen LogP contribution in [0.5, 0.6) is 11.6 Å². The van der Waals surface area contributed by atoms with E-state index < -0.39 is 0 Å². The van der Waals surface area contributed by atoms with Crippen molar-refractivity contribution in [3.63, 3.8) is 0 Å². The average molecular weight is 480 g/mol. The zero-order valence-electron chi connectivity index (χ0n) is 20.1. The molecule has 0 aliphatic heterocycles. The molecule has 0 spiro atoms. The quantitative estimate of drug-likeness (QED) is 0.272. The van der Waals surface area contributed by atoms with Crippen molar-refractivity contribution in [3.05, 3.63) is 42.4 Å². The number of benzene rings is 1. The molecule has 0 fully saturated rings. The predicted molar refractivity (Wildman–Crippen MR) is 132 cm³/mol. The first kappa shape index (κ1) is 24.0. The van der Waals surface area contributed by atoms with Gasteiger partial charge in [0.1, 0.15) is 11.4 Å². The Morgan fingerprint density at radius 2 is 2.14 bits per heavy atom. The van der Waals surface area contributed by atoms with Crippen molar-refractivity contribution < 1.29 is 19.4 Å². The Morgan fingerprint density at radius 1 is 1.31 bits per heavy atom. The maximum Gasteiger partial charge on any atom is 0.251 e. The van der Waals surface area contributed by atoms with Crippen molar-refractivity contribution in [2.45, 2.75) is 26.4 Å². The highest BCUT2D eigenvalue weighted by atomic mass is 16.5. The lowest BCUT2D eigenvalue weighted by Gasteiger charge is -2.15. The normalized spacial score (nSPS) is 11.9. The number of hydrogen-bond acceptors (Lipinski definition) is 8. The average Bonchev–Trinajstić information content (AvgIpc) is 3.48. The van der Waals surface area contributed by atoms with Crippen molar-refractivity contribution in [2.24, 2.45) is 7.05 Å². The highest BCUT2D eigenvalue weighted by molar-refractivity contribution is 5.98. The van der Waals surface area contributed by atoms with Crippen LogP contribution in [0.15, 0.2) is 36.8 Å². The first-order valence-corrected chi connectivity index (χ1v) is 11.3. The van der Waals surface area contributed by atoms with Gasteiger partial charge in [-0.3, -0.25) is 9.48 Å². The van der Waals surface area contributed by atoms with E-state index in [0.717, 1.165) is 22.9 Å². The molecule has 35 heavy (non-hydrogen) atoms. The van der Waals surface area contributed by atoms with E-state index in [2.05, 4.69) is 30.7 Å². The minimum absolute atomic E-state index is 0.0520. The second-order valence-corrected chi connectivity index (χ2v) is 8.04. The van der Waals surface area contributed by atoms with Crippen LogP contribution in [-0.4, -0.2) is 62.1 Å². The van der Waals surface area contributed by atoms with Gasteiger partial charge in [-0.25, -0.2) is 0 Å². The summed E-state index contributed by atoms with van der Waals surface area (Å²) < 4.78 is 13.4. The number of aryl methyl sites for hydroxylation is 1. The van der Waals surface area contributed by atoms with Gasteiger partial charge >= 0.3 is 0 Å². The predicted octanol–water partition coefficient (Wildman–Crippen LogP) is 3.01. The number of ether oxygens (including phenoxy) is 2. The number of nitrogens with one attached hydrogen (secondary N) is 3. The van der Waals surface area contributed by atoms with E-state index >= 15 is 0 Å². The van der Waals surface area contributed by atoms with Gasteiger partial charge < -0.3 is 30.2 Å². The molecule has 11 nitrogen and oxygen atoms in total. The third-order valence-corrected chi connectivity index (χ3v) is 5.51. The minimum atomic E-state index is -0.305. The van der Waals surface area contributed by atoms with Gasteiger partial charge in [0.2, 0.25) is 11.8 Å². The maximum absolute atomic E-state index is 12.2. The van der Waals surface area contributed by atoms with Crippen LogP contribution in [0.25, 0.3) is 22.2 Å². The molecular formula is C24H29N7O4. The van der Waals surface area contributed by atoms with Crippen molar-refractivity contribution in [1.29, 1.82) is 0 Å². The van der Waals surface area contributed by atoms with Gasteiger partial charge in [-0.1, -0.05) is 6.92 Å². The maximum atomic E-state index is 12.2. The zero-order valence-corrected chi connectivity index (χ0v) is 20.1. The summed E-state index contributed by atoms with van der Waals surface area (Å²) in [6, 6.07) is 4.98. The van der Waals surface area contributed by atoms with Crippen LogP contribution in [0.3, 0.4) is 0 Å². The van der Waals surface area contributed by atoms with Crippen molar-refractivity contribution in [2.75, 3.05) is 25.6 Å². The molecule has 1 atom stereocenters. The number of anilines is 2. The first-order valence-electron chi connectivity index (χ1n) is 11.3. The molecule has 4 N–H and O–H groups in total. The summed E-state index contributed by atoms with van der Waals surface area (Å²) in [6.07, 6.45) is 6.33. The Kier molecular flexibility index (Phi) is 7.16. The fraction of sp³-hybridized carbons (Fsp3) is 0.333. The molecule has 0 bridgehead atoms. The molecule has 0 unspecified atom stereocenters. The van der Waals surface area contributed by atoms with Crippen molar-refractivity contribution >= 4 is 28.6 Å². The molecule has 11 heteroatoms. The number of carbonyl (C=O) groups is 1. The minimum Gasteiger partial charge on any atom is -0.495 e. The van der Waals surface area contributed by atoms with Gasteiger partial charge in [0.25, 0.3) is 5.91 Å². The topological polar surface area (TPSA) is 139 Å². The molecule has 1 amide bonds. The van der Waals surface area contributed by atoms with Gasteiger partial charge in [-0.15, -0.1) is 0 Å². The Morgan fingerprint density at radius 3 is 2.83 bits per heavy atom. The van der Waals surface area contributed by atoms with E-state index in [1.165, 1.54) is 7.11 Å². The van der Waals surface area contributed by atoms with E-state index in [1.54, 1.807) is 29.1 Å². The molecule has 0 saturated heterocycles. The van der Waals surface area contributed by atoms with Crippen LogP contribution in [0.2, 0.25) is 0 Å². The molecule has 4 aromatic rings. The molecule has 3 aromatic heterocycles. The highest BCUT2D eigenvalue weighted by Crippen LogP contribution is 2.36. The Hall–Kier alpha value is -4.12. The number of methoxy groups -OCH3 is 1. The lowest BCUT2D eigenvalue weighted by Crippen LogP contribution is -2.26. The van der Waals surface area contributed by atoms with Gasteiger partial charge in [0.05, 0.1) is 37.1 Å². The lowest BCUT2D eigenvalue weighted by atomic mass is 10.1. The number of fused-ring (bicyclic) bond motifs is 1. The second kappa shape index (κ2) is 10.4. The van der Waals surface area contributed by atoms with Gasteiger partial charge in [0.15, 0.2) is 0 Å². The number of amides is 1. The molecule has 1 aromatic carbocycles. The fourth-order valence-electron chi connectivity index (χ4n) is 3.53. The molecule has 4 rings (SSSR count). The van der Waals surface area contributed by atoms with Crippen LogP contribution >= 0.6 is 0 Å². The third kappa shape index (κ3) is 5.19. The van der Waals surface area contributed by atoms with Gasteiger partial charge in [-0.05, 0) is 31.5 Å². The number of aliphatic hydroxyl groups is 1. The Bertz CT molecular complexity index is 1330. The molecule has 0 aliphatic carbocycles. The van der Waals surface area contributed by atoms with Gasteiger partial charge in [-0.2, -0.15) is 15.1 Å². The molecule has 0 saturated carbocycles. The van der Waals surface area contributed by atoms with Crippen molar-refractivity contribution in [3.8, 4) is 22.8 Å². The van der Waals surface area contributed by atoms with Crippen LogP contribution in [0, 0.1) is 0 Å². The van der Waals surface area contributed by atoms with Crippen LogP contribution < -0.4 is 20.1 Å². The number of hydrogen-bond donors (Lipinski definition) is 4. The number of rotatable bonds is 10. The molecule has 0 aliphatic rings. The molecule has 184 valence electrons. The van der Waals surface area contributed by atoms with E-state index in [4.69, 9.17) is 14.6 Å². The van der Waals surface area contributed by atoms with Crippen LogP contribution in [0.1, 0.15) is 30.6 Å². The largest absolute Gasteiger partial charge is 0.495 e. The first-order chi connectivity index (χ1) is 16.9. The number of H-pyrrole nitrogens is 1. The lowest BCUT2D eigenvalue weighted by molar-refractivity contribution is 0.0944. The van der Waals surface area contributed by atoms with E-state index in [0.29, 0.717) is 34.5 Å². The second-order valence-electron chi connectivity index (χ2n) is 8.04. The number of aromatic nitrogens is 5. The summed E-state index contributed by atoms with van der Waals surface area (Å²) in [5.74, 6) is 0.898. The number of nitrogens with zero attached hydrogens (tertiary/aromatic N) is 4.